The summed E-state index contributed by atoms with van der Waals surface area (Å²) in [7, 11) is 0. The van der Waals surface area contributed by atoms with Crippen LogP contribution < -0.4 is 17.0 Å². The van der Waals surface area contributed by atoms with Gasteiger partial charge in [0.25, 0.3) is 5.56 Å². The molecule has 12 heteroatoms. The van der Waals surface area contributed by atoms with Crippen molar-refractivity contribution in [1.82, 2.24) is 19.5 Å². The Morgan fingerprint density at radius 1 is 1.32 bits per heavy atom. The van der Waals surface area contributed by atoms with Crippen LogP contribution in [0.4, 0.5) is 11.9 Å². The van der Waals surface area contributed by atoms with E-state index in [1.54, 1.807) is 22.6 Å². The second kappa shape index (κ2) is 5.31. The third-order valence-corrected chi connectivity index (χ3v) is 4.11. The molecule has 0 spiro atoms. The van der Waals surface area contributed by atoms with E-state index >= 15 is 0 Å². The van der Waals surface area contributed by atoms with E-state index in [9.17, 15) is 20.1 Å². The maximum Gasteiger partial charge on any atom is 0.280 e. The van der Waals surface area contributed by atoms with Gasteiger partial charge in [-0.1, -0.05) is 0 Å². The number of ether oxygens (including phenoxy) is 1. The topological polar surface area (TPSA) is 186 Å². The Bertz CT molecular complexity index is 775. The lowest BCUT2D eigenvalue weighted by atomic mass is 10.1. The molecule has 2 aromatic heterocycles. The Morgan fingerprint density at radius 2 is 2.00 bits per heavy atom. The van der Waals surface area contributed by atoms with Crippen LogP contribution in [0.25, 0.3) is 11.2 Å². The molecule has 11 nitrogen and oxygen atoms in total. The smallest absolute Gasteiger partial charge is 0.280 e. The van der Waals surface area contributed by atoms with Crippen molar-refractivity contribution in [2.24, 2.45) is 0 Å². The Hall–Kier alpha value is -1.48. The SMILES string of the molecule is Nc1nc2c(nc(N)n2[C@@H]2O[C@H](C(O)I)[C@@H](O)[C@H]2O)c(=O)[nH]1. The second-order valence-corrected chi connectivity index (χ2v) is 6.08. The van der Waals surface area contributed by atoms with Crippen LogP contribution in [0.15, 0.2) is 4.79 Å². The number of anilines is 2. The first-order valence-corrected chi connectivity index (χ1v) is 7.42. The lowest BCUT2D eigenvalue weighted by molar-refractivity contribution is -0.0547. The molecule has 2 aromatic rings. The van der Waals surface area contributed by atoms with E-state index in [0.29, 0.717) is 0 Å². The van der Waals surface area contributed by atoms with E-state index in [0.717, 1.165) is 4.57 Å². The number of nitrogens with one attached hydrogen (secondary N) is 1. The van der Waals surface area contributed by atoms with Crippen molar-refractivity contribution in [3.63, 3.8) is 0 Å². The van der Waals surface area contributed by atoms with Crippen LogP contribution in [0.3, 0.4) is 0 Å². The highest BCUT2D eigenvalue weighted by Gasteiger charge is 2.47. The highest BCUT2D eigenvalue weighted by Crippen LogP contribution is 2.35. The third-order valence-electron chi connectivity index (χ3n) is 3.40. The fourth-order valence-electron chi connectivity index (χ4n) is 2.39. The molecule has 22 heavy (non-hydrogen) atoms. The van der Waals surface area contributed by atoms with Crippen molar-refractivity contribution in [1.29, 1.82) is 0 Å². The Morgan fingerprint density at radius 3 is 2.59 bits per heavy atom. The maximum atomic E-state index is 11.8. The molecule has 1 fully saturated rings. The molecule has 0 bridgehead atoms. The number of halogens is 1. The van der Waals surface area contributed by atoms with Crippen molar-refractivity contribution in [3.05, 3.63) is 10.4 Å². The van der Waals surface area contributed by atoms with Crippen LogP contribution in [0.2, 0.25) is 0 Å². The number of nitrogen functional groups attached to an aromatic ring is 2. The summed E-state index contributed by atoms with van der Waals surface area (Å²) in [5.41, 5.74) is 10.6. The summed E-state index contributed by atoms with van der Waals surface area (Å²) >= 11 is 1.65. The zero-order chi connectivity index (χ0) is 16.2. The Balaban J connectivity index is 2.15. The quantitative estimate of drug-likeness (QED) is 0.227. The van der Waals surface area contributed by atoms with Crippen LogP contribution in [0, 0.1) is 0 Å². The van der Waals surface area contributed by atoms with Gasteiger partial charge in [-0.2, -0.15) is 4.98 Å². The summed E-state index contributed by atoms with van der Waals surface area (Å²) in [6.07, 6.45) is -4.93. The first-order valence-electron chi connectivity index (χ1n) is 6.18. The molecule has 1 unspecified atom stereocenters. The number of fused-ring (bicyclic) bond motifs is 1. The Kier molecular flexibility index (Phi) is 3.72. The summed E-state index contributed by atoms with van der Waals surface area (Å²) in [4.78, 5) is 21.9. The molecule has 120 valence electrons. The van der Waals surface area contributed by atoms with Crippen LogP contribution >= 0.6 is 22.6 Å². The number of H-pyrrole nitrogens is 1. The van der Waals surface area contributed by atoms with Gasteiger partial charge in [0.15, 0.2) is 17.4 Å². The number of imidazole rings is 1. The van der Waals surface area contributed by atoms with Crippen LogP contribution in [-0.2, 0) is 4.74 Å². The van der Waals surface area contributed by atoms with Gasteiger partial charge in [0.2, 0.25) is 11.9 Å². The monoisotopic (exact) mass is 424 g/mol. The number of rotatable bonds is 2. The lowest BCUT2D eigenvalue weighted by Gasteiger charge is -2.18. The molecule has 0 amide bonds. The van der Waals surface area contributed by atoms with E-state index < -0.39 is 34.2 Å². The molecule has 3 heterocycles. The molecule has 0 aliphatic carbocycles. The standard InChI is InChI=1S/C10H13IN6O5/c11-5(20)4-2(18)3(19)8(22-4)17-6-1(14-10(17)13)7(21)16-9(12)15-6/h2-5,8,18-20H,(H2,13,14)(H3,12,15,16,21)/t2-,3+,4-,5?,8+/m0/s1. The van der Waals surface area contributed by atoms with Gasteiger partial charge in [0.05, 0.1) is 0 Å². The molecule has 0 radical (unpaired) electrons. The van der Waals surface area contributed by atoms with Crippen molar-refractivity contribution < 1.29 is 20.1 Å². The fourth-order valence-corrected chi connectivity index (χ4v) is 2.99. The highest BCUT2D eigenvalue weighted by molar-refractivity contribution is 14.1. The summed E-state index contributed by atoms with van der Waals surface area (Å²) in [5, 5.41) is 29.6. The molecule has 1 saturated heterocycles. The first kappa shape index (κ1) is 15.4. The van der Waals surface area contributed by atoms with Gasteiger partial charge >= 0.3 is 0 Å². The van der Waals surface area contributed by atoms with Gasteiger partial charge in [-0.25, -0.2) is 4.98 Å². The Labute approximate surface area is 136 Å². The number of hydrogen-bond donors (Lipinski definition) is 6. The van der Waals surface area contributed by atoms with Gasteiger partial charge in [0.1, 0.15) is 22.4 Å². The predicted molar refractivity (Wildman–Crippen MR) is 82.9 cm³/mol. The molecule has 3 rings (SSSR count). The van der Waals surface area contributed by atoms with Gasteiger partial charge in [-0.05, 0) is 22.6 Å². The first-order chi connectivity index (χ1) is 10.3. The molecule has 8 N–H and O–H groups in total. The summed E-state index contributed by atoms with van der Waals surface area (Å²) in [5.74, 6) is -0.296. The van der Waals surface area contributed by atoms with Gasteiger partial charge < -0.3 is 31.5 Å². The van der Waals surface area contributed by atoms with Gasteiger partial charge in [-0.15, -0.1) is 0 Å². The number of aliphatic hydroxyl groups excluding tert-OH is 3. The average molecular weight is 424 g/mol. The number of aliphatic hydroxyl groups is 3. The summed E-state index contributed by atoms with van der Waals surface area (Å²) in [6, 6.07) is 0. The van der Waals surface area contributed by atoms with E-state index in [2.05, 4.69) is 15.0 Å². The van der Waals surface area contributed by atoms with E-state index in [1.807, 2.05) is 0 Å². The van der Waals surface area contributed by atoms with E-state index in [4.69, 9.17) is 16.2 Å². The molecular formula is C10H13IN6O5. The minimum Gasteiger partial charge on any atom is -0.387 e. The average Bonchev–Trinajstić information content (AvgIpc) is 2.89. The normalized spacial score (nSPS) is 30.0. The molecule has 0 aromatic carbocycles. The zero-order valence-electron chi connectivity index (χ0n) is 10.9. The third kappa shape index (κ3) is 2.23. The maximum absolute atomic E-state index is 11.8. The number of alkyl halides is 1. The van der Waals surface area contributed by atoms with Crippen molar-refractivity contribution in [2.75, 3.05) is 11.5 Å². The van der Waals surface area contributed by atoms with Gasteiger partial charge in [0, 0.05) is 0 Å². The summed E-state index contributed by atoms with van der Waals surface area (Å²) in [6.45, 7) is 0. The van der Waals surface area contributed by atoms with E-state index in [1.165, 1.54) is 0 Å². The number of hydrogen-bond acceptors (Lipinski definition) is 9. The van der Waals surface area contributed by atoms with Gasteiger partial charge in [-0.3, -0.25) is 14.3 Å². The van der Waals surface area contributed by atoms with Crippen molar-refractivity contribution >= 4 is 45.7 Å². The fraction of sp³-hybridized carbons (Fsp3) is 0.500. The minimum absolute atomic E-state index is 0.0126. The van der Waals surface area contributed by atoms with Crippen LogP contribution in [-0.4, -0.2) is 57.3 Å². The second-order valence-electron chi connectivity index (χ2n) is 4.81. The minimum atomic E-state index is -1.39. The van der Waals surface area contributed by atoms with Crippen LogP contribution in [0.5, 0.6) is 0 Å². The molecule has 1 aliphatic rings. The summed E-state index contributed by atoms with van der Waals surface area (Å²) < 4.78 is 5.56. The van der Waals surface area contributed by atoms with Crippen LogP contribution in [0.1, 0.15) is 6.23 Å². The lowest BCUT2D eigenvalue weighted by Crippen LogP contribution is -2.36. The molecule has 0 saturated carbocycles. The van der Waals surface area contributed by atoms with E-state index in [-0.39, 0.29) is 23.1 Å². The number of aromatic amines is 1. The highest BCUT2D eigenvalue weighted by atomic mass is 127. The molecular weight excluding hydrogens is 411 g/mol. The number of nitrogens with zero attached hydrogens (tertiary/aromatic N) is 3. The largest absolute Gasteiger partial charge is 0.387 e. The molecule has 1 aliphatic heterocycles. The molecule has 5 atom stereocenters. The number of nitrogens with two attached hydrogens (primary N) is 2. The zero-order valence-corrected chi connectivity index (χ0v) is 13.1. The van der Waals surface area contributed by atoms with Crippen molar-refractivity contribution in [3.8, 4) is 0 Å². The number of aromatic nitrogens is 4. The van der Waals surface area contributed by atoms with Crippen molar-refractivity contribution in [2.45, 2.75) is 28.7 Å². The predicted octanol–water partition coefficient (Wildman–Crippen LogP) is -2.34.